The fourth-order valence-corrected chi connectivity index (χ4v) is 3.98. The van der Waals surface area contributed by atoms with Crippen molar-refractivity contribution in [3.63, 3.8) is 0 Å². The van der Waals surface area contributed by atoms with Gasteiger partial charge in [-0.05, 0) is 59.8 Å². The Morgan fingerprint density at radius 3 is 2.93 bits per heavy atom. The first-order valence-electron chi connectivity index (χ1n) is 8.83. The fourth-order valence-electron chi connectivity index (χ4n) is 2.66. The van der Waals surface area contributed by atoms with Crippen LogP contribution in [0.25, 0.3) is 6.08 Å². The Hall–Kier alpha value is -3.17. The highest BCUT2D eigenvalue weighted by atomic mass is 79.9. The fraction of sp³-hybridized carbons (Fsp3) is 0.0476. The molecule has 0 radical (unpaired) electrons. The van der Waals surface area contributed by atoms with Gasteiger partial charge in [0.25, 0.3) is 5.91 Å². The van der Waals surface area contributed by atoms with E-state index in [2.05, 4.69) is 31.1 Å². The molecule has 0 bridgehead atoms. The summed E-state index contributed by atoms with van der Waals surface area (Å²) in [5.41, 5.74) is 1.32. The molecule has 1 aliphatic heterocycles. The molecule has 1 aliphatic rings. The monoisotopic (exact) mass is 482 g/mol. The first-order chi connectivity index (χ1) is 14.6. The molecule has 1 aromatic carbocycles. The van der Waals surface area contributed by atoms with Crippen LogP contribution in [0, 0.1) is 0 Å². The van der Waals surface area contributed by atoms with Crippen molar-refractivity contribution in [2.45, 2.75) is 6.54 Å². The highest BCUT2D eigenvalue weighted by molar-refractivity contribution is 9.10. The second-order valence-corrected chi connectivity index (χ2v) is 8.12. The van der Waals surface area contributed by atoms with Crippen LogP contribution >= 0.6 is 27.7 Å². The number of thioether (sulfide) groups is 1. The molecule has 30 heavy (non-hydrogen) atoms. The summed E-state index contributed by atoms with van der Waals surface area (Å²) >= 11 is 4.57. The van der Waals surface area contributed by atoms with Crippen molar-refractivity contribution in [1.82, 2.24) is 9.88 Å². The molecule has 9 heteroatoms. The third-order valence-electron chi connectivity index (χ3n) is 4.09. The maximum Gasteiger partial charge on any atom is 0.267 e. The molecular formula is C21H15BrN4O3S. The summed E-state index contributed by atoms with van der Waals surface area (Å²) in [5, 5.41) is 18.7. The Bertz CT molecular complexity index is 1140. The maximum absolute atomic E-state index is 13.0. The molecule has 150 valence electrons. The first kappa shape index (κ1) is 20.1. The van der Waals surface area contributed by atoms with Gasteiger partial charge in [-0.2, -0.15) is 5.10 Å². The van der Waals surface area contributed by atoms with Gasteiger partial charge in [0.05, 0.1) is 23.9 Å². The molecule has 0 spiro atoms. The summed E-state index contributed by atoms with van der Waals surface area (Å²) in [6, 6.07) is 12.2. The molecule has 4 rings (SSSR count). The number of pyridine rings is 1. The number of nitrogens with zero attached hydrogens (tertiary/aromatic N) is 4. The number of hydrogen-bond acceptors (Lipinski definition) is 7. The van der Waals surface area contributed by atoms with Crippen LogP contribution in [-0.2, 0) is 11.3 Å². The minimum Gasteiger partial charge on any atom is -0.507 e. The summed E-state index contributed by atoms with van der Waals surface area (Å²) < 4.78 is 6.19. The molecular weight excluding hydrogens is 468 g/mol. The zero-order valence-corrected chi connectivity index (χ0v) is 17.9. The molecule has 0 saturated carbocycles. The summed E-state index contributed by atoms with van der Waals surface area (Å²) in [4.78, 5) is 19.1. The Morgan fingerprint density at radius 1 is 1.27 bits per heavy atom. The van der Waals surface area contributed by atoms with Crippen molar-refractivity contribution in [1.29, 1.82) is 0 Å². The van der Waals surface area contributed by atoms with Crippen LogP contribution in [0.3, 0.4) is 0 Å². The lowest BCUT2D eigenvalue weighted by molar-refractivity contribution is -0.122. The molecule has 7 nitrogen and oxygen atoms in total. The van der Waals surface area contributed by atoms with Gasteiger partial charge < -0.3 is 9.52 Å². The number of amidine groups is 1. The van der Waals surface area contributed by atoms with Gasteiger partial charge in [-0.25, -0.2) is 0 Å². The average molecular weight is 483 g/mol. The summed E-state index contributed by atoms with van der Waals surface area (Å²) in [7, 11) is 0. The van der Waals surface area contributed by atoms with Crippen LogP contribution < -0.4 is 0 Å². The highest BCUT2D eigenvalue weighted by Crippen LogP contribution is 2.33. The van der Waals surface area contributed by atoms with Gasteiger partial charge in [-0.15, -0.1) is 5.10 Å². The van der Waals surface area contributed by atoms with Crippen molar-refractivity contribution in [3.8, 4) is 5.75 Å². The number of aromatic hydroxyl groups is 1. The van der Waals surface area contributed by atoms with Gasteiger partial charge >= 0.3 is 0 Å². The van der Waals surface area contributed by atoms with Crippen molar-refractivity contribution in [2.75, 3.05) is 0 Å². The molecule has 0 atom stereocenters. The van der Waals surface area contributed by atoms with Crippen LogP contribution in [0.15, 0.2) is 85.1 Å². The summed E-state index contributed by atoms with van der Waals surface area (Å²) in [5.74, 6) is 0.523. The quantitative estimate of drug-likeness (QED) is 0.324. The number of aromatic nitrogens is 1. The van der Waals surface area contributed by atoms with E-state index in [1.807, 2.05) is 6.07 Å². The van der Waals surface area contributed by atoms with Gasteiger partial charge in [0.1, 0.15) is 11.5 Å². The normalized spacial score (nSPS) is 17.0. The Kier molecular flexibility index (Phi) is 6.10. The van der Waals surface area contributed by atoms with Crippen LogP contribution in [0.5, 0.6) is 5.75 Å². The van der Waals surface area contributed by atoms with Crippen LogP contribution in [0.2, 0.25) is 0 Å². The smallest absolute Gasteiger partial charge is 0.267 e. The number of carbonyl (C=O) groups excluding carboxylic acids is 1. The largest absolute Gasteiger partial charge is 0.507 e. The number of rotatable bonds is 5. The van der Waals surface area contributed by atoms with Crippen molar-refractivity contribution >= 4 is 51.1 Å². The van der Waals surface area contributed by atoms with E-state index in [-0.39, 0.29) is 18.2 Å². The number of amides is 1. The number of hydrogen-bond donors (Lipinski definition) is 1. The molecule has 1 saturated heterocycles. The molecule has 1 amide bonds. The van der Waals surface area contributed by atoms with E-state index in [9.17, 15) is 9.90 Å². The SMILES string of the molecule is O=C1/C(=C/c2cccnc2)S/C(=N/N=C\c2cc(Br)ccc2O)N1Cc1ccco1. The lowest BCUT2D eigenvalue weighted by Gasteiger charge is -2.12. The molecule has 0 unspecified atom stereocenters. The third-order valence-corrected chi connectivity index (χ3v) is 5.58. The molecule has 2 aromatic heterocycles. The van der Waals surface area contributed by atoms with Crippen LogP contribution in [0.1, 0.15) is 16.9 Å². The van der Waals surface area contributed by atoms with Crippen molar-refractivity contribution in [3.05, 3.63) is 87.4 Å². The minimum absolute atomic E-state index is 0.0851. The first-order valence-corrected chi connectivity index (χ1v) is 10.4. The maximum atomic E-state index is 13.0. The van der Waals surface area contributed by atoms with E-state index in [4.69, 9.17) is 4.42 Å². The van der Waals surface area contributed by atoms with E-state index < -0.39 is 0 Å². The molecule has 1 N–H and O–H groups in total. The van der Waals surface area contributed by atoms with Crippen LogP contribution in [-0.4, -0.2) is 32.3 Å². The standard InChI is InChI=1S/C21H15BrN4O3S/c22-16-5-6-18(27)15(10-16)12-24-25-21-26(13-17-4-2-8-29-17)20(28)19(30-21)9-14-3-1-7-23-11-14/h1-12,27H,13H2/b19-9-,24-12-,25-21+. The van der Waals surface area contributed by atoms with Gasteiger partial charge in [-0.3, -0.25) is 14.7 Å². The van der Waals surface area contributed by atoms with E-state index >= 15 is 0 Å². The lowest BCUT2D eigenvalue weighted by Crippen LogP contribution is -2.28. The second-order valence-electron chi connectivity index (χ2n) is 6.20. The Balaban J connectivity index is 1.63. The minimum atomic E-state index is -0.195. The summed E-state index contributed by atoms with van der Waals surface area (Å²) in [6.45, 7) is 0.236. The average Bonchev–Trinajstić information content (AvgIpc) is 3.36. The molecule has 1 fully saturated rings. The van der Waals surface area contributed by atoms with E-state index in [0.717, 1.165) is 10.0 Å². The van der Waals surface area contributed by atoms with Crippen molar-refractivity contribution in [2.24, 2.45) is 10.2 Å². The third kappa shape index (κ3) is 4.69. The van der Waals surface area contributed by atoms with Crippen LogP contribution in [0.4, 0.5) is 0 Å². The van der Waals surface area contributed by atoms with Gasteiger partial charge in [-0.1, -0.05) is 22.0 Å². The number of benzene rings is 1. The predicted molar refractivity (Wildman–Crippen MR) is 120 cm³/mol. The molecule has 3 aromatic rings. The van der Waals surface area contributed by atoms with Gasteiger partial charge in [0, 0.05) is 22.4 Å². The summed E-state index contributed by atoms with van der Waals surface area (Å²) in [6.07, 6.45) is 8.11. The number of carbonyl (C=O) groups is 1. The zero-order chi connectivity index (χ0) is 20.9. The number of phenols is 1. The van der Waals surface area contributed by atoms with Gasteiger partial charge in [0.15, 0.2) is 5.17 Å². The Labute approximate surface area is 185 Å². The van der Waals surface area contributed by atoms with E-state index in [1.54, 1.807) is 61.1 Å². The zero-order valence-electron chi connectivity index (χ0n) is 15.5. The number of furan rings is 1. The molecule has 0 aliphatic carbocycles. The predicted octanol–water partition coefficient (Wildman–Crippen LogP) is 4.65. The topological polar surface area (TPSA) is 91.3 Å². The molecule has 3 heterocycles. The highest BCUT2D eigenvalue weighted by Gasteiger charge is 2.34. The number of phenolic OH excluding ortho intramolecular Hbond substituents is 1. The number of halogens is 1. The van der Waals surface area contributed by atoms with Gasteiger partial charge in [0.2, 0.25) is 0 Å². The lowest BCUT2D eigenvalue weighted by atomic mass is 10.2. The Morgan fingerprint density at radius 2 is 2.17 bits per heavy atom. The van der Waals surface area contributed by atoms with Crippen molar-refractivity contribution < 1.29 is 14.3 Å². The van der Waals surface area contributed by atoms with E-state index in [1.165, 1.54) is 22.9 Å². The van der Waals surface area contributed by atoms with E-state index in [0.29, 0.717) is 21.4 Å². The second kappa shape index (κ2) is 9.10.